The van der Waals surface area contributed by atoms with Crippen LogP contribution in [0.1, 0.15) is 50.6 Å². The van der Waals surface area contributed by atoms with Crippen LogP contribution in [0.5, 0.6) is 0 Å². The number of nitrogens with one attached hydrogen (secondary N) is 1. The summed E-state index contributed by atoms with van der Waals surface area (Å²) in [5.74, 6) is 0.363. The lowest BCUT2D eigenvalue weighted by Crippen LogP contribution is -2.56. The fourth-order valence-corrected chi connectivity index (χ4v) is 3.71. The van der Waals surface area contributed by atoms with Gasteiger partial charge in [-0.15, -0.1) is 0 Å². The highest BCUT2D eigenvalue weighted by Gasteiger charge is 2.56. The normalized spacial score (nSPS) is 30.1. The molecule has 1 N–H and O–H groups in total. The van der Waals surface area contributed by atoms with Crippen LogP contribution in [0, 0.1) is 11.3 Å². The summed E-state index contributed by atoms with van der Waals surface area (Å²) in [5.41, 5.74) is 0.716. The molecule has 0 spiro atoms. The Hall–Kier alpha value is -1.64. The van der Waals surface area contributed by atoms with E-state index < -0.39 is 5.41 Å². The second kappa shape index (κ2) is 5.04. The van der Waals surface area contributed by atoms with Gasteiger partial charge in [0.05, 0.1) is 11.5 Å². The number of carbonyl (C=O) groups excluding carboxylic acids is 2. The molecule has 2 unspecified atom stereocenters. The minimum absolute atomic E-state index is 0.00338. The molecule has 0 radical (unpaired) electrons. The van der Waals surface area contributed by atoms with Crippen molar-refractivity contribution < 1.29 is 9.59 Å². The zero-order valence-corrected chi connectivity index (χ0v) is 11.9. The van der Waals surface area contributed by atoms with Gasteiger partial charge in [0.25, 0.3) is 0 Å². The molecule has 2 fully saturated rings. The molecule has 2 aliphatic carbocycles. The zero-order chi connectivity index (χ0) is 14.2. The third-order valence-electron chi connectivity index (χ3n) is 5.08. The molecule has 0 bridgehead atoms. The third kappa shape index (κ3) is 2.05. The summed E-state index contributed by atoms with van der Waals surface area (Å²) in [7, 11) is 0. The lowest BCUT2D eigenvalue weighted by molar-refractivity contribution is -0.156. The minimum atomic E-state index is -0.391. The summed E-state index contributed by atoms with van der Waals surface area (Å²) in [6.45, 7) is 2.00. The second-order valence-corrected chi connectivity index (χ2v) is 6.17. The van der Waals surface area contributed by atoms with E-state index in [9.17, 15) is 9.59 Å². The van der Waals surface area contributed by atoms with Gasteiger partial charge in [0.1, 0.15) is 5.78 Å². The van der Waals surface area contributed by atoms with Crippen LogP contribution in [-0.4, -0.2) is 11.7 Å². The average molecular weight is 271 g/mol. The van der Waals surface area contributed by atoms with E-state index in [0.717, 1.165) is 31.2 Å². The standard InChI is InChI=1S/C17H21NO2/c1-12(13-6-3-2-4-7-13)18-16(20)17-10-5-8-15(19)14(17)9-11-17/h2-4,6-7,12,14H,5,8-11H2,1H3,(H,18,20)/t12-,14?,17?/m0/s1. The highest BCUT2D eigenvalue weighted by atomic mass is 16.2. The minimum Gasteiger partial charge on any atom is -0.349 e. The Balaban J connectivity index is 1.72. The van der Waals surface area contributed by atoms with Crippen molar-refractivity contribution in [2.45, 2.75) is 45.1 Å². The molecule has 2 saturated carbocycles. The van der Waals surface area contributed by atoms with Gasteiger partial charge in [0, 0.05) is 12.3 Å². The van der Waals surface area contributed by atoms with Crippen LogP contribution in [0.25, 0.3) is 0 Å². The van der Waals surface area contributed by atoms with Crippen LogP contribution in [-0.2, 0) is 9.59 Å². The fourth-order valence-electron chi connectivity index (χ4n) is 3.71. The predicted molar refractivity (Wildman–Crippen MR) is 77.0 cm³/mol. The SMILES string of the molecule is C[C@H](NC(=O)C12CCCC(=O)C1CC2)c1ccccc1. The van der Waals surface area contributed by atoms with E-state index in [0.29, 0.717) is 12.2 Å². The molecule has 0 heterocycles. The highest BCUT2D eigenvalue weighted by molar-refractivity contribution is 5.94. The maximum atomic E-state index is 12.6. The highest BCUT2D eigenvalue weighted by Crippen LogP contribution is 2.54. The van der Waals surface area contributed by atoms with Crippen molar-refractivity contribution in [3.63, 3.8) is 0 Å². The van der Waals surface area contributed by atoms with Crippen LogP contribution >= 0.6 is 0 Å². The maximum Gasteiger partial charge on any atom is 0.227 e. The van der Waals surface area contributed by atoms with Gasteiger partial charge in [0.15, 0.2) is 0 Å². The summed E-state index contributed by atoms with van der Waals surface area (Å²) in [6, 6.07) is 9.97. The van der Waals surface area contributed by atoms with Gasteiger partial charge in [-0.2, -0.15) is 0 Å². The van der Waals surface area contributed by atoms with Crippen molar-refractivity contribution in [3.8, 4) is 0 Å². The van der Waals surface area contributed by atoms with E-state index in [1.165, 1.54) is 0 Å². The molecule has 20 heavy (non-hydrogen) atoms. The fraction of sp³-hybridized carbons (Fsp3) is 0.529. The van der Waals surface area contributed by atoms with Crippen LogP contribution in [0.15, 0.2) is 30.3 Å². The Labute approximate surface area is 119 Å². The van der Waals surface area contributed by atoms with Gasteiger partial charge >= 0.3 is 0 Å². The van der Waals surface area contributed by atoms with E-state index in [1.54, 1.807) is 0 Å². The number of rotatable bonds is 3. The number of fused-ring (bicyclic) bond motifs is 1. The van der Waals surface area contributed by atoms with Gasteiger partial charge in [-0.1, -0.05) is 30.3 Å². The number of hydrogen-bond donors (Lipinski definition) is 1. The summed E-state index contributed by atoms with van der Waals surface area (Å²) >= 11 is 0. The van der Waals surface area contributed by atoms with Crippen molar-refractivity contribution in [3.05, 3.63) is 35.9 Å². The summed E-state index contributed by atoms with van der Waals surface area (Å²) < 4.78 is 0. The topological polar surface area (TPSA) is 46.2 Å². The summed E-state index contributed by atoms with van der Waals surface area (Å²) in [6.07, 6.45) is 4.16. The molecule has 3 atom stereocenters. The number of carbonyl (C=O) groups is 2. The van der Waals surface area contributed by atoms with E-state index in [-0.39, 0.29) is 17.9 Å². The van der Waals surface area contributed by atoms with Crippen molar-refractivity contribution in [1.82, 2.24) is 5.32 Å². The first-order chi connectivity index (χ1) is 9.63. The average Bonchev–Trinajstić information content (AvgIpc) is 2.42. The quantitative estimate of drug-likeness (QED) is 0.918. The molecule has 106 valence electrons. The molecule has 3 rings (SSSR count). The first kappa shape index (κ1) is 13.3. The first-order valence-corrected chi connectivity index (χ1v) is 7.52. The number of hydrogen-bond acceptors (Lipinski definition) is 2. The van der Waals surface area contributed by atoms with Crippen LogP contribution < -0.4 is 5.32 Å². The molecule has 3 nitrogen and oxygen atoms in total. The van der Waals surface area contributed by atoms with Crippen LogP contribution in [0.2, 0.25) is 0 Å². The molecular formula is C17H21NO2. The van der Waals surface area contributed by atoms with Crippen LogP contribution in [0.3, 0.4) is 0 Å². The lowest BCUT2D eigenvalue weighted by Gasteiger charge is -2.50. The summed E-state index contributed by atoms with van der Waals surface area (Å²) in [4.78, 5) is 24.6. The molecule has 0 aliphatic heterocycles. The number of amides is 1. The van der Waals surface area contributed by atoms with E-state index in [4.69, 9.17) is 0 Å². The van der Waals surface area contributed by atoms with Gasteiger partial charge < -0.3 is 5.32 Å². The van der Waals surface area contributed by atoms with Crippen molar-refractivity contribution in [2.24, 2.45) is 11.3 Å². The van der Waals surface area contributed by atoms with Crippen molar-refractivity contribution >= 4 is 11.7 Å². The van der Waals surface area contributed by atoms with Gasteiger partial charge in [-0.3, -0.25) is 9.59 Å². The van der Waals surface area contributed by atoms with Crippen LogP contribution in [0.4, 0.5) is 0 Å². The molecular weight excluding hydrogens is 250 g/mol. The Morgan fingerprint density at radius 1 is 1.30 bits per heavy atom. The van der Waals surface area contributed by atoms with Crippen molar-refractivity contribution in [2.75, 3.05) is 0 Å². The third-order valence-corrected chi connectivity index (χ3v) is 5.08. The molecule has 2 aliphatic rings. The number of benzene rings is 1. The zero-order valence-electron chi connectivity index (χ0n) is 11.9. The Bertz CT molecular complexity index is 525. The largest absolute Gasteiger partial charge is 0.349 e. The Morgan fingerprint density at radius 2 is 2.05 bits per heavy atom. The number of ketones is 1. The first-order valence-electron chi connectivity index (χ1n) is 7.52. The molecule has 1 aromatic rings. The predicted octanol–water partition coefficient (Wildman–Crippen LogP) is 3.01. The van der Waals surface area contributed by atoms with E-state index >= 15 is 0 Å². The summed E-state index contributed by atoms with van der Waals surface area (Å²) in [5, 5.41) is 3.12. The lowest BCUT2D eigenvalue weighted by atomic mass is 9.52. The Kier molecular flexibility index (Phi) is 3.36. The maximum absolute atomic E-state index is 12.6. The van der Waals surface area contributed by atoms with Crippen molar-refractivity contribution in [1.29, 1.82) is 0 Å². The van der Waals surface area contributed by atoms with Gasteiger partial charge in [-0.25, -0.2) is 0 Å². The van der Waals surface area contributed by atoms with Gasteiger partial charge in [0.2, 0.25) is 5.91 Å². The van der Waals surface area contributed by atoms with E-state index in [2.05, 4.69) is 5.32 Å². The molecule has 0 saturated heterocycles. The smallest absolute Gasteiger partial charge is 0.227 e. The monoisotopic (exact) mass is 271 g/mol. The molecule has 1 amide bonds. The molecule has 1 aromatic carbocycles. The molecule has 0 aromatic heterocycles. The Morgan fingerprint density at radius 3 is 2.70 bits per heavy atom. The second-order valence-electron chi connectivity index (χ2n) is 6.17. The van der Waals surface area contributed by atoms with E-state index in [1.807, 2.05) is 37.3 Å². The van der Waals surface area contributed by atoms with Gasteiger partial charge in [-0.05, 0) is 38.2 Å². The molecule has 3 heteroatoms. The number of Topliss-reactive ketones (excluding diaryl/α,β-unsaturated/α-hetero) is 1.